The fraction of sp³-hybridized carbons (Fsp3) is 0.250. The van der Waals surface area contributed by atoms with Gasteiger partial charge in [0.05, 0.1) is 0 Å². The van der Waals surface area contributed by atoms with Crippen molar-refractivity contribution in [1.29, 1.82) is 0 Å². The molecule has 0 fully saturated rings. The van der Waals surface area contributed by atoms with Gasteiger partial charge in [0, 0.05) is 24.3 Å². The van der Waals surface area contributed by atoms with E-state index in [9.17, 15) is 0 Å². The molecule has 1 aromatic carbocycles. The van der Waals surface area contributed by atoms with Crippen molar-refractivity contribution in [2.24, 2.45) is 0 Å². The molecule has 0 atom stereocenters. The summed E-state index contributed by atoms with van der Waals surface area (Å²) in [5.41, 5.74) is 2.01. The van der Waals surface area contributed by atoms with Crippen LogP contribution < -0.4 is 10.2 Å². The van der Waals surface area contributed by atoms with Crippen molar-refractivity contribution in [2.45, 2.75) is 6.92 Å². The summed E-state index contributed by atoms with van der Waals surface area (Å²) in [4.78, 5) is 14.2. The molecule has 1 heterocycles. The van der Waals surface area contributed by atoms with E-state index in [0.29, 0.717) is 11.9 Å². The molecule has 1 N–H and O–H groups in total. The summed E-state index contributed by atoms with van der Waals surface area (Å²) < 4.78 is 1.03. The van der Waals surface area contributed by atoms with Gasteiger partial charge in [0.25, 0.3) is 0 Å². The van der Waals surface area contributed by atoms with Crippen LogP contribution in [-0.2, 0) is 0 Å². The second kappa shape index (κ2) is 5.71. The Kier molecular flexibility index (Phi) is 4.21. The summed E-state index contributed by atoms with van der Waals surface area (Å²) in [5.74, 6) is 0.936. The summed E-state index contributed by atoms with van der Waals surface area (Å²) >= 11 is 9.32. The van der Waals surface area contributed by atoms with E-state index in [2.05, 4.69) is 36.2 Å². The molecule has 1 aromatic heterocycles. The van der Waals surface area contributed by atoms with Gasteiger partial charge in [-0.1, -0.05) is 15.9 Å². The molecule has 5 nitrogen and oxygen atoms in total. The molecule has 0 aliphatic carbocycles. The maximum Gasteiger partial charge on any atom is 0.233 e. The lowest BCUT2D eigenvalue weighted by Crippen LogP contribution is -2.14. The molecule has 7 heteroatoms. The minimum atomic E-state index is 0.163. The van der Waals surface area contributed by atoms with E-state index in [1.54, 1.807) is 4.90 Å². The molecule has 0 saturated carbocycles. The van der Waals surface area contributed by atoms with E-state index in [0.717, 1.165) is 15.7 Å². The summed E-state index contributed by atoms with van der Waals surface area (Å²) in [6.07, 6.45) is 0. The number of hydrogen-bond donors (Lipinski definition) is 1. The molecule has 0 bridgehead atoms. The zero-order chi connectivity index (χ0) is 14.0. The number of aryl methyl sites for hydroxylation is 1. The van der Waals surface area contributed by atoms with Gasteiger partial charge in [-0.05, 0) is 42.3 Å². The first-order valence-electron chi connectivity index (χ1n) is 5.58. The number of anilines is 3. The third kappa shape index (κ3) is 3.54. The van der Waals surface area contributed by atoms with Crippen molar-refractivity contribution in [3.8, 4) is 0 Å². The van der Waals surface area contributed by atoms with E-state index >= 15 is 0 Å². The van der Waals surface area contributed by atoms with Crippen molar-refractivity contribution >= 4 is 45.1 Å². The van der Waals surface area contributed by atoms with Gasteiger partial charge in [-0.2, -0.15) is 15.0 Å². The Morgan fingerprint density at radius 2 is 1.95 bits per heavy atom. The maximum absolute atomic E-state index is 5.89. The average molecular weight is 343 g/mol. The van der Waals surface area contributed by atoms with Crippen LogP contribution in [0.25, 0.3) is 0 Å². The van der Waals surface area contributed by atoms with Gasteiger partial charge in [-0.15, -0.1) is 0 Å². The third-order valence-corrected chi connectivity index (χ3v) is 3.09. The molecule has 0 aliphatic heterocycles. The van der Waals surface area contributed by atoms with Gasteiger partial charge in [0.1, 0.15) is 0 Å². The van der Waals surface area contributed by atoms with Crippen molar-refractivity contribution in [3.63, 3.8) is 0 Å². The molecule has 0 amide bonds. The molecule has 0 spiro atoms. The highest BCUT2D eigenvalue weighted by Crippen LogP contribution is 2.23. The van der Waals surface area contributed by atoms with Crippen LogP contribution in [0.15, 0.2) is 22.7 Å². The maximum atomic E-state index is 5.89. The molecular formula is C12H13BrClN5. The Bertz CT molecular complexity index is 603. The van der Waals surface area contributed by atoms with Crippen molar-refractivity contribution in [1.82, 2.24) is 15.0 Å². The summed E-state index contributed by atoms with van der Waals surface area (Å²) in [6.45, 7) is 2.00. The Morgan fingerprint density at radius 3 is 2.58 bits per heavy atom. The van der Waals surface area contributed by atoms with Crippen molar-refractivity contribution in [3.05, 3.63) is 33.5 Å². The van der Waals surface area contributed by atoms with Crippen LogP contribution in [-0.4, -0.2) is 29.0 Å². The lowest BCUT2D eigenvalue weighted by atomic mass is 10.2. The summed E-state index contributed by atoms with van der Waals surface area (Å²) in [6, 6.07) is 5.91. The van der Waals surface area contributed by atoms with E-state index in [1.807, 2.05) is 39.2 Å². The largest absolute Gasteiger partial charge is 0.347 e. The number of hydrogen-bond acceptors (Lipinski definition) is 5. The first-order valence-corrected chi connectivity index (χ1v) is 6.75. The molecule has 19 heavy (non-hydrogen) atoms. The number of nitrogens with zero attached hydrogens (tertiary/aromatic N) is 4. The van der Waals surface area contributed by atoms with Gasteiger partial charge in [-0.25, -0.2) is 0 Å². The minimum Gasteiger partial charge on any atom is -0.347 e. The zero-order valence-corrected chi connectivity index (χ0v) is 13.1. The molecule has 100 valence electrons. The Hall–Kier alpha value is -1.40. The SMILES string of the molecule is Cc1cc(Br)ccc1Nc1nc(Cl)nc(N(C)C)n1. The smallest absolute Gasteiger partial charge is 0.233 e. The lowest BCUT2D eigenvalue weighted by Gasteiger charge is -2.13. The van der Waals surface area contributed by atoms with Crippen LogP contribution in [0.1, 0.15) is 5.56 Å². The fourth-order valence-electron chi connectivity index (χ4n) is 1.48. The predicted octanol–water partition coefficient (Wildman–Crippen LogP) is 3.41. The van der Waals surface area contributed by atoms with Crippen molar-refractivity contribution < 1.29 is 0 Å². The average Bonchev–Trinajstić information content (AvgIpc) is 2.32. The quantitative estimate of drug-likeness (QED) is 0.926. The highest BCUT2D eigenvalue weighted by atomic mass is 79.9. The Morgan fingerprint density at radius 1 is 1.21 bits per heavy atom. The van der Waals surface area contributed by atoms with Gasteiger partial charge < -0.3 is 10.2 Å². The number of nitrogens with one attached hydrogen (secondary N) is 1. The van der Waals surface area contributed by atoms with Crippen LogP contribution in [0.5, 0.6) is 0 Å². The molecule has 0 radical (unpaired) electrons. The van der Waals surface area contributed by atoms with Crippen LogP contribution >= 0.6 is 27.5 Å². The second-order valence-electron chi connectivity index (χ2n) is 4.21. The zero-order valence-electron chi connectivity index (χ0n) is 10.8. The Labute approximate surface area is 125 Å². The number of rotatable bonds is 3. The van der Waals surface area contributed by atoms with E-state index in [4.69, 9.17) is 11.6 Å². The topological polar surface area (TPSA) is 53.9 Å². The van der Waals surface area contributed by atoms with Crippen molar-refractivity contribution in [2.75, 3.05) is 24.3 Å². The van der Waals surface area contributed by atoms with Crippen LogP contribution in [0.4, 0.5) is 17.6 Å². The highest BCUT2D eigenvalue weighted by molar-refractivity contribution is 9.10. The van der Waals surface area contributed by atoms with Crippen LogP contribution in [0.3, 0.4) is 0 Å². The molecule has 0 aliphatic rings. The fourth-order valence-corrected chi connectivity index (χ4v) is 2.11. The van der Waals surface area contributed by atoms with E-state index in [1.165, 1.54) is 0 Å². The number of benzene rings is 1. The minimum absolute atomic E-state index is 0.163. The first-order chi connectivity index (χ1) is 8.95. The summed E-state index contributed by atoms with van der Waals surface area (Å²) in [7, 11) is 3.70. The first kappa shape index (κ1) is 14.0. The predicted molar refractivity (Wildman–Crippen MR) is 81.3 cm³/mol. The molecule has 0 unspecified atom stereocenters. The number of aromatic nitrogens is 3. The lowest BCUT2D eigenvalue weighted by molar-refractivity contribution is 0.961. The van der Waals surface area contributed by atoms with E-state index < -0.39 is 0 Å². The van der Waals surface area contributed by atoms with Gasteiger partial charge >= 0.3 is 0 Å². The normalized spacial score (nSPS) is 10.4. The highest BCUT2D eigenvalue weighted by Gasteiger charge is 2.08. The molecule has 0 saturated heterocycles. The molecule has 2 aromatic rings. The van der Waals surface area contributed by atoms with Gasteiger partial charge in [0.2, 0.25) is 17.2 Å². The Balaban J connectivity index is 2.32. The second-order valence-corrected chi connectivity index (χ2v) is 5.46. The van der Waals surface area contributed by atoms with Crippen LogP contribution in [0, 0.1) is 6.92 Å². The van der Waals surface area contributed by atoms with Gasteiger partial charge in [0.15, 0.2) is 0 Å². The summed E-state index contributed by atoms with van der Waals surface area (Å²) in [5, 5.41) is 3.30. The molecular weight excluding hydrogens is 330 g/mol. The number of halogens is 2. The van der Waals surface area contributed by atoms with E-state index in [-0.39, 0.29) is 5.28 Å². The molecule has 2 rings (SSSR count). The standard InChI is InChI=1S/C12H13BrClN5/c1-7-6-8(13)4-5-9(7)15-11-16-10(14)17-12(18-11)19(2)3/h4-6H,1-3H3,(H,15,16,17,18). The third-order valence-electron chi connectivity index (χ3n) is 2.43. The monoisotopic (exact) mass is 341 g/mol. The van der Waals surface area contributed by atoms with Crippen LogP contribution in [0.2, 0.25) is 5.28 Å². The van der Waals surface area contributed by atoms with Gasteiger partial charge in [-0.3, -0.25) is 0 Å².